The van der Waals surface area contributed by atoms with Gasteiger partial charge in [0.05, 0.1) is 0 Å². The SMILES string of the molecule is CC(C)Cc1ccc(-c2nc(-c3ccc([C@H]4CC[C@@H](CCC(=O)O)N4)cc3)no2)cc1. The van der Waals surface area contributed by atoms with Gasteiger partial charge in [-0.1, -0.05) is 55.4 Å². The van der Waals surface area contributed by atoms with Crippen molar-refractivity contribution < 1.29 is 14.4 Å². The lowest BCUT2D eigenvalue weighted by molar-refractivity contribution is -0.137. The van der Waals surface area contributed by atoms with Crippen LogP contribution in [0.1, 0.15) is 56.7 Å². The van der Waals surface area contributed by atoms with E-state index in [-0.39, 0.29) is 18.5 Å². The molecule has 6 nitrogen and oxygen atoms in total. The smallest absolute Gasteiger partial charge is 0.303 e. The van der Waals surface area contributed by atoms with Gasteiger partial charge in [-0.25, -0.2) is 0 Å². The van der Waals surface area contributed by atoms with Crippen molar-refractivity contribution in [3.05, 3.63) is 59.7 Å². The third-order valence-electron chi connectivity index (χ3n) is 5.79. The Balaban J connectivity index is 1.40. The molecule has 0 amide bonds. The molecule has 1 aromatic heterocycles. The monoisotopic (exact) mass is 419 g/mol. The van der Waals surface area contributed by atoms with Crippen LogP contribution in [-0.2, 0) is 11.2 Å². The third-order valence-corrected chi connectivity index (χ3v) is 5.79. The molecule has 0 bridgehead atoms. The number of carboxylic acids is 1. The van der Waals surface area contributed by atoms with E-state index in [1.54, 1.807) is 0 Å². The molecule has 0 unspecified atom stereocenters. The highest BCUT2D eigenvalue weighted by atomic mass is 16.5. The fraction of sp³-hybridized carbons (Fsp3) is 0.400. The predicted molar refractivity (Wildman–Crippen MR) is 119 cm³/mol. The molecule has 0 aliphatic carbocycles. The van der Waals surface area contributed by atoms with E-state index in [0.29, 0.717) is 24.1 Å². The zero-order valence-electron chi connectivity index (χ0n) is 18.0. The van der Waals surface area contributed by atoms with Crippen LogP contribution in [-0.4, -0.2) is 27.3 Å². The molecule has 1 aliphatic heterocycles. The first-order valence-electron chi connectivity index (χ1n) is 11.0. The molecule has 3 aromatic rings. The Morgan fingerprint density at radius 3 is 2.48 bits per heavy atom. The van der Waals surface area contributed by atoms with Gasteiger partial charge in [0, 0.05) is 29.6 Å². The first-order chi connectivity index (χ1) is 15.0. The van der Waals surface area contributed by atoms with Gasteiger partial charge >= 0.3 is 5.97 Å². The molecule has 1 fully saturated rings. The summed E-state index contributed by atoms with van der Waals surface area (Å²) in [7, 11) is 0. The van der Waals surface area contributed by atoms with Gasteiger partial charge in [-0.3, -0.25) is 4.79 Å². The maximum absolute atomic E-state index is 10.8. The van der Waals surface area contributed by atoms with Crippen molar-refractivity contribution in [2.75, 3.05) is 0 Å². The molecule has 2 atom stereocenters. The van der Waals surface area contributed by atoms with Crippen LogP contribution in [0.4, 0.5) is 0 Å². The average Bonchev–Trinajstić information content (AvgIpc) is 3.43. The zero-order chi connectivity index (χ0) is 21.8. The summed E-state index contributed by atoms with van der Waals surface area (Å²) in [4.78, 5) is 15.4. The molecular weight excluding hydrogens is 390 g/mol. The van der Waals surface area contributed by atoms with E-state index in [9.17, 15) is 4.79 Å². The Morgan fingerprint density at radius 1 is 1.10 bits per heavy atom. The molecule has 162 valence electrons. The van der Waals surface area contributed by atoms with Crippen molar-refractivity contribution in [1.29, 1.82) is 0 Å². The Morgan fingerprint density at radius 2 is 1.81 bits per heavy atom. The van der Waals surface area contributed by atoms with Gasteiger partial charge < -0.3 is 14.9 Å². The molecule has 2 heterocycles. The second-order valence-corrected chi connectivity index (χ2v) is 8.77. The second-order valence-electron chi connectivity index (χ2n) is 8.77. The van der Waals surface area contributed by atoms with Gasteiger partial charge in [0.2, 0.25) is 5.82 Å². The van der Waals surface area contributed by atoms with Crippen molar-refractivity contribution in [2.24, 2.45) is 5.92 Å². The van der Waals surface area contributed by atoms with Crippen LogP contribution in [0.5, 0.6) is 0 Å². The Hall–Kier alpha value is -2.99. The first kappa shape index (κ1) is 21.2. The quantitative estimate of drug-likeness (QED) is 0.518. The summed E-state index contributed by atoms with van der Waals surface area (Å²) < 4.78 is 5.49. The number of nitrogens with zero attached hydrogens (tertiary/aromatic N) is 2. The molecule has 0 spiro atoms. The van der Waals surface area contributed by atoms with E-state index in [2.05, 4.69) is 53.6 Å². The van der Waals surface area contributed by atoms with E-state index >= 15 is 0 Å². The Bertz CT molecular complexity index is 1010. The van der Waals surface area contributed by atoms with E-state index in [0.717, 1.165) is 30.4 Å². The largest absolute Gasteiger partial charge is 0.481 e. The topological polar surface area (TPSA) is 88.2 Å². The number of nitrogens with one attached hydrogen (secondary N) is 1. The lowest BCUT2D eigenvalue weighted by Gasteiger charge is -2.14. The first-order valence-corrected chi connectivity index (χ1v) is 11.0. The summed E-state index contributed by atoms with van der Waals surface area (Å²) >= 11 is 0. The van der Waals surface area contributed by atoms with E-state index in [1.807, 2.05) is 24.3 Å². The summed E-state index contributed by atoms with van der Waals surface area (Å²) in [5.74, 6) is 0.986. The lowest BCUT2D eigenvalue weighted by Crippen LogP contribution is -2.24. The summed E-state index contributed by atoms with van der Waals surface area (Å²) in [6.45, 7) is 4.42. The van der Waals surface area contributed by atoms with Gasteiger partial charge in [0.15, 0.2) is 0 Å². The number of benzene rings is 2. The fourth-order valence-corrected chi connectivity index (χ4v) is 4.18. The standard InChI is InChI=1S/C25H29N3O3/c1-16(2)15-17-3-5-20(6-4-17)25-27-24(28-31-25)19-9-7-18(8-10-19)22-13-11-21(26-22)12-14-23(29)30/h3-10,16,21-22,26H,11-15H2,1-2H3,(H,29,30)/t21-,22+/m0/s1. The second kappa shape index (κ2) is 9.43. The van der Waals surface area contributed by atoms with Crippen LogP contribution in [0, 0.1) is 5.92 Å². The van der Waals surface area contributed by atoms with E-state index in [4.69, 9.17) is 9.63 Å². The minimum atomic E-state index is -0.736. The van der Waals surface area contributed by atoms with Crippen molar-refractivity contribution in [3.63, 3.8) is 0 Å². The van der Waals surface area contributed by atoms with Gasteiger partial charge in [0.25, 0.3) is 5.89 Å². The minimum Gasteiger partial charge on any atom is -0.481 e. The average molecular weight is 420 g/mol. The molecular formula is C25H29N3O3. The lowest BCUT2D eigenvalue weighted by atomic mass is 10.0. The number of aromatic nitrogens is 2. The van der Waals surface area contributed by atoms with Crippen molar-refractivity contribution in [2.45, 2.75) is 58.0 Å². The summed E-state index contributed by atoms with van der Waals surface area (Å²) in [6, 6.07) is 17.0. The minimum absolute atomic E-state index is 0.212. The van der Waals surface area contributed by atoms with Gasteiger partial charge in [-0.2, -0.15) is 4.98 Å². The van der Waals surface area contributed by atoms with Crippen LogP contribution in [0.25, 0.3) is 22.8 Å². The fourth-order valence-electron chi connectivity index (χ4n) is 4.18. The van der Waals surface area contributed by atoms with Crippen LogP contribution < -0.4 is 5.32 Å². The molecule has 4 rings (SSSR count). The van der Waals surface area contributed by atoms with Gasteiger partial charge in [-0.05, 0) is 54.9 Å². The highest BCUT2D eigenvalue weighted by molar-refractivity contribution is 5.66. The Labute approximate surface area is 182 Å². The van der Waals surface area contributed by atoms with Crippen LogP contribution >= 0.6 is 0 Å². The van der Waals surface area contributed by atoms with Gasteiger partial charge in [-0.15, -0.1) is 0 Å². The van der Waals surface area contributed by atoms with Crippen molar-refractivity contribution in [1.82, 2.24) is 15.5 Å². The van der Waals surface area contributed by atoms with Crippen molar-refractivity contribution >= 4 is 5.97 Å². The molecule has 1 aliphatic rings. The number of rotatable bonds is 8. The predicted octanol–water partition coefficient (Wildman–Crippen LogP) is 5.26. The molecule has 0 radical (unpaired) electrons. The Kier molecular flexibility index (Phi) is 6.47. The molecule has 2 N–H and O–H groups in total. The van der Waals surface area contributed by atoms with Crippen LogP contribution in [0.3, 0.4) is 0 Å². The summed E-state index contributed by atoms with van der Waals surface area (Å²) in [5.41, 5.74) is 4.34. The number of carbonyl (C=O) groups is 1. The van der Waals surface area contributed by atoms with Crippen LogP contribution in [0.15, 0.2) is 53.1 Å². The van der Waals surface area contributed by atoms with Crippen molar-refractivity contribution in [3.8, 4) is 22.8 Å². The molecule has 2 aromatic carbocycles. The summed E-state index contributed by atoms with van der Waals surface area (Å²) in [5, 5.41) is 16.6. The summed E-state index contributed by atoms with van der Waals surface area (Å²) in [6.07, 6.45) is 3.96. The molecule has 31 heavy (non-hydrogen) atoms. The highest BCUT2D eigenvalue weighted by Crippen LogP contribution is 2.30. The highest BCUT2D eigenvalue weighted by Gasteiger charge is 2.25. The number of hydrogen-bond donors (Lipinski definition) is 2. The number of hydrogen-bond acceptors (Lipinski definition) is 5. The normalized spacial score (nSPS) is 18.5. The molecule has 0 saturated carbocycles. The maximum atomic E-state index is 10.8. The third kappa shape index (κ3) is 5.39. The van der Waals surface area contributed by atoms with Crippen LogP contribution in [0.2, 0.25) is 0 Å². The van der Waals surface area contributed by atoms with Gasteiger partial charge in [0.1, 0.15) is 0 Å². The van der Waals surface area contributed by atoms with E-state index < -0.39 is 5.97 Å². The van der Waals surface area contributed by atoms with E-state index in [1.165, 1.54) is 11.1 Å². The maximum Gasteiger partial charge on any atom is 0.303 e. The number of aliphatic carboxylic acids is 1. The number of carboxylic acid groups (broad SMARTS) is 1. The zero-order valence-corrected chi connectivity index (χ0v) is 18.0. The molecule has 1 saturated heterocycles. The molecule has 6 heteroatoms.